The van der Waals surface area contributed by atoms with Crippen molar-refractivity contribution in [3.8, 4) is 21.7 Å². The van der Waals surface area contributed by atoms with Crippen molar-refractivity contribution in [1.82, 2.24) is 15.3 Å². The first-order valence-corrected chi connectivity index (χ1v) is 12.5. The summed E-state index contributed by atoms with van der Waals surface area (Å²) < 4.78 is 12.3. The van der Waals surface area contributed by atoms with Crippen LogP contribution in [-0.4, -0.2) is 47.5 Å². The maximum absolute atomic E-state index is 6.14. The van der Waals surface area contributed by atoms with Gasteiger partial charge < -0.3 is 20.1 Å². The van der Waals surface area contributed by atoms with E-state index in [4.69, 9.17) is 9.47 Å². The highest BCUT2D eigenvalue weighted by molar-refractivity contribution is 7.13. The summed E-state index contributed by atoms with van der Waals surface area (Å²) in [5.74, 6) is 0.610. The van der Waals surface area contributed by atoms with E-state index in [1.54, 1.807) is 17.5 Å². The van der Waals surface area contributed by atoms with Crippen LogP contribution >= 0.6 is 11.3 Å². The molecule has 172 valence electrons. The molecule has 2 aliphatic rings. The molecule has 2 fully saturated rings. The number of anilines is 1. The number of fused-ring (bicyclic) bond motifs is 1. The van der Waals surface area contributed by atoms with Crippen LogP contribution in [0.25, 0.3) is 21.7 Å². The Balaban J connectivity index is 1.05. The van der Waals surface area contributed by atoms with E-state index in [1.165, 1.54) is 16.7 Å². The summed E-state index contributed by atoms with van der Waals surface area (Å²) in [6.07, 6.45) is 1.79. The van der Waals surface area contributed by atoms with Gasteiger partial charge in [0, 0.05) is 12.7 Å². The lowest BCUT2D eigenvalue weighted by Crippen LogP contribution is -2.41. The van der Waals surface area contributed by atoms with Gasteiger partial charge >= 0.3 is 0 Å². The molecule has 7 heteroatoms. The van der Waals surface area contributed by atoms with Crippen LogP contribution in [0.1, 0.15) is 5.56 Å². The molecule has 4 aromatic rings. The van der Waals surface area contributed by atoms with Crippen LogP contribution < -0.4 is 10.6 Å². The second-order valence-electron chi connectivity index (χ2n) is 8.64. The highest BCUT2D eigenvalue weighted by atomic mass is 32.1. The normalized spacial score (nSPS) is 23.6. The molecule has 0 radical (unpaired) electrons. The summed E-state index contributed by atoms with van der Waals surface area (Å²) in [6.45, 7) is 1.98. The Morgan fingerprint density at radius 1 is 0.824 bits per heavy atom. The number of thiophene rings is 1. The number of nitrogens with zero attached hydrogens (tertiary/aromatic N) is 2. The molecule has 0 amide bonds. The second kappa shape index (κ2) is 9.64. The standard InChI is InChI=1S/C27H26N4O2S/c1-2-5-19(6-3-1)20-10-8-18(9-11-20)15-29-22-16-32-26-23(17-33-25(22)26)31-27-28-13-12-21(30-27)24-7-4-14-34-24/h1-14,22-23,25-26,29H,15-17H2,(H,28,30,31). The Morgan fingerprint density at radius 2 is 1.59 bits per heavy atom. The number of nitrogens with one attached hydrogen (secondary N) is 2. The van der Waals surface area contributed by atoms with Gasteiger partial charge in [0.15, 0.2) is 0 Å². The van der Waals surface area contributed by atoms with Gasteiger partial charge in [0.05, 0.1) is 35.9 Å². The van der Waals surface area contributed by atoms with E-state index in [1.807, 2.05) is 18.2 Å². The highest BCUT2D eigenvalue weighted by Gasteiger charge is 2.47. The molecule has 0 spiro atoms. The number of hydrogen-bond acceptors (Lipinski definition) is 7. The van der Waals surface area contributed by atoms with E-state index in [0.717, 1.165) is 17.1 Å². The molecule has 2 aromatic carbocycles. The fraction of sp³-hybridized carbons (Fsp3) is 0.259. The average molecular weight is 471 g/mol. The van der Waals surface area contributed by atoms with Crippen molar-refractivity contribution < 1.29 is 9.47 Å². The molecule has 0 bridgehead atoms. The predicted octanol–water partition coefficient (Wildman–Crippen LogP) is 4.61. The Kier molecular flexibility index (Phi) is 6.08. The predicted molar refractivity (Wildman–Crippen MR) is 135 cm³/mol. The second-order valence-corrected chi connectivity index (χ2v) is 9.59. The quantitative estimate of drug-likeness (QED) is 0.411. The fourth-order valence-electron chi connectivity index (χ4n) is 4.65. The van der Waals surface area contributed by atoms with Gasteiger partial charge in [0.2, 0.25) is 5.95 Å². The molecule has 2 N–H and O–H groups in total. The molecular weight excluding hydrogens is 444 g/mol. The molecule has 0 saturated carbocycles. The van der Waals surface area contributed by atoms with Crippen molar-refractivity contribution in [2.75, 3.05) is 18.5 Å². The van der Waals surface area contributed by atoms with Gasteiger partial charge in [-0.3, -0.25) is 0 Å². The topological polar surface area (TPSA) is 68.3 Å². The van der Waals surface area contributed by atoms with Crippen molar-refractivity contribution in [2.24, 2.45) is 0 Å². The lowest BCUT2D eigenvalue weighted by molar-refractivity contribution is 0.0675. The summed E-state index contributed by atoms with van der Waals surface area (Å²) in [4.78, 5) is 10.2. The number of ether oxygens (including phenoxy) is 2. The van der Waals surface area contributed by atoms with Crippen LogP contribution in [0.5, 0.6) is 0 Å². The number of hydrogen-bond donors (Lipinski definition) is 2. The van der Waals surface area contributed by atoms with Crippen LogP contribution in [0.15, 0.2) is 84.4 Å². The molecular formula is C27H26N4O2S. The van der Waals surface area contributed by atoms with Crippen molar-refractivity contribution in [1.29, 1.82) is 0 Å². The van der Waals surface area contributed by atoms with Gasteiger partial charge in [-0.2, -0.15) is 0 Å². The maximum Gasteiger partial charge on any atom is 0.223 e. The van der Waals surface area contributed by atoms with E-state index in [0.29, 0.717) is 19.2 Å². The molecule has 4 unspecified atom stereocenters. The molecule has 6 rings (SSSR count). The molecule has 2 aliphatic heterocycles. The van der Waals surface area contributed by atoms with E-state index in [2.05, 4.69) is 80.6 Å². The summed E-state index contributed by atoms with van der Waals surface area (Å²) in [5, 5.41) is 9.12. The van der Waals surface area contributed by atoms with Crippen molar-refractivity contribution in [2.45, 2.75) is 30.8 Å². The van der Waals surface area contributed by atoms with Crippen molar-refractivity contribution in [3.05, 3.63) is 89.9 Å². The minimum absolute atomic E-state index is 0.0153. The summed E-state index contributed by atoms with van der Waals surface area (Å²) in [6, 6.07) is 25.4. The molecule has 6 nitrogen and oxygen atoms in total. The van der Waals surface area contributed by atoms with E-state index >= 15 is 0 Å². The lowest BCUT2D eigenvalue weighted by atomic mass is 10.0. The van der Waals surface area contributed by atoms with Crippen LogP contribution in [0, 0.1) is 0 Å². The van der Waals surface area contributed by atoms with Gasteiger partial charge in [0.25, 0.3) is 0 Å². The van der Waals surface area contributed by atoms with E-state index in [-0.39, 0.29) is 24.3 Å². The Labute approximate surface area is 203 Å². The molecule has 34 heavy (non-hydrogen) atoms. The Morgan fingerprint density at radius 3 is 2.38 bits per heavy atom. The van der Waals surface area contributed by atoms with Gasteiger partial charge in [-0.1, -0.05) is 60.7 Å². The van der Waals surface area contributed by atoms with Crippen LogP contribution in [-0.2, 0) is 16.0 Å². The molecule has 2 aromatic heterocycles. The first kappa shape index (κ1) is 21.4. The monoisotopic (exact) mass is 470 g/mol. The SMILES string of the molecule is c1ccc(-c2ccc(CNC3COC4C(Nc5nccc(-c6cccs6)n5)COC34)cc2)cc1. The summed E-state index contributed by atoms with van der Waals surface area (Å²) >= 11 is 1.67. The summed E-state index contributed by atoms with van der Waals surface area (Å²) in [7, 11) is 0. The zero-order valence-electron chi connectivity index (χ0n) is 18.6. The Bertz CT molecular complexity index is 1220. The number of rotatable bonds is 7. The zero-order valence-corrected chi connectivity index (χ0v) is 19.4. The molecule has 0 aliphatic carbocycles. The minimum Gasteiger partial charge on any atom is -0.371 e. The molecule has 4 heterocycles. The third kappa shape index (κ3) is 4.48. The van der Waals surface area contributed by atoms with Crippen molar-refractivity contribution in [3.63, 3.8) is 0 Å². The highest BCUT2D eigenvalue weighted by Crippen LogP contribution is 2.30. The molecule has 2 saturated heterocycles. The van der Waals surface area contributed by atoms with E-state index in [9.17, 15) is 0 Å². The number of aromatic nitrogens is 2. The zero-order chi connectivity index (χ0) is 22.7. The fourth-order valence-corrected chi connectivity index (χ4v) is 5.34. The lowest BCUT2D eigenvalue weighted by Gasteiger charge is -2.18. The third-order valence-electron chi connectivity index (χ3n) is 6.43. The third-order valence-corrected chi connectivity index (χ3v) is 7.32. The minimum atomic E-state index is -0.0213. The van der Waals surface area contributed by atoms with Crippen LogP contribution in [0.3, 0.4) is 0 Å². The van der Waals surface area contributed by atoms with Gasteiger partial charge in [-0.05, 0) is 34.2 Å². The largest absolute Gasteiger partial charge is 0.371 e. The number of benzene rings is 2. The van der Waals surface area contributed by atoms with Gasteiger partial charge in [-0.15, -0.1) is 11.3 Å². The van der Waals surface area contributed by atoms with Gasteiger partial charge in [-0.25, -0.2) is 9.97 Å². The van der Waals surface area contributed by atoms with Crippen LogP contribution in [0.2, 0.25) is 0 Å². The first-order valence-electron chi connectivity index (χ1n) is 11.6. The van der Waals surface area contributed by atoms with Crippen molar-refractivity contribution >= 4 is 17.3 Å². The van der Waals surface area contributed by atoms with E-state index < -0.39 is 0 Å². The summed E-state index contributed by atoms with van der Waals surface area (Å²) in [5.41, 5.74) is 4.63. The average Bonchev–Trinajstić information content (AvgIpc) is 3.64. The van der Waals surface area contributed by atoms with Crippen LogP contribution in [0.4, 0.5) is 5.95 Å². The first-order chi connectivity index (χ1) is 16.8. The Hall–Kier alpha value is -3.10. The smallest absolute Gasteiger partial charge is 0.223 e. The van der Waals surface area contributed by atoms with Gasteiger partial charge in [0.1, 0.15) is 12.2 Å². The maximum atomic E-state index is 6.14. The molecule has 4 atom stereocenters.